The van der Waals surface area contributed by atoms with Crippen LogP contribution in [0.15, 0.2) is 34.4 Å². The number of rotatable bonds is 8. The van der Waals surface area contributed by atoms with Crippen molar-refractivity contribution < 1.29 is 19.2 Å². The van der Waals surface area contributed by atoms with Gasteiger partial charge in [0.2, 0.25) is 0 Å². The molecule has 2 rings (SSSR count). The second-order valence-corrected chi connectivity index (χ2v) is 7.71. The summed E-state index contributed by atoms with van der Waals surface area (Å²) in [6.07, 6.45) is 21.4. The molecule has 0 saturated carbocycles. The average molecular weight is 508 g/mol. The van der Waals surface area contributed by atoms with Crippen LogP contribution in [0.25, 0.3) is 0 Å². The molecule has 0 radical (unpaired) electrons. The summed E-state index contributed by atoms with van der Waals surface area (Å²) < 4.78 is 0. The molecular formula is C26H48Cl2SiTi-4. The summed E-state index contributed by atoms with van der Waals surface area (Å²) >= 11 is 2.03. The van der Waals surface area contributed by atoms with Gasteiger partial charge in [0.05, 0.1) is 0 Å². The Balaban J connectivity index is -0.000000114. The first kappa shape index (κ1) is 40.8. The van der Waals surface area contributed by atoms with Gasteiger partial charge in [-0.1, -0.05) is 80.1 Å². The number of allylic oxidation sites excluding steroid dienone is 8. The zero-order chi connectivity index (χ0) is 19.9. The SMILES string of the molecule is CCCCC1=[C-]CC(C(C)C)=C1.CCCCC1=[C-]CC(C(C)C)=C1.Cl.Cl.[CH3-].[CH3-].[SiH2]=[Ti]. The van der Waals surface area contributed by atoms with E-state index in [1.165, 1.54) is 49.7 Å². The molecule has 0 nitrogen and oxygen atoms in total. The van der Waals surface area contributed by atoms with Crippen LogP contribution in [0.1, 0.15) is 92.9 Å². The Labute approximate surface area is 216 Å². The quantitative estimate of drug-likeness (QED) is 0.228. The van der Waals surface area contributed by atoms with Gasteiger partial charge in [0, 0.05) is 0 Å². The average Bonchev–Trinajstić information content (AvgIpc) is 3.30. The van der Waals surface area contributed by atoms with Crippen LogP contribution in [0.5, 0.6) is 0 Å². The van der Waals surface area contributed by atoms with Crippen LogP contribution < -0.4 is 0 Å². The van der Waals surface area contributed by atoms with Crippen molar-refractivity contribution in [2.45, 2.75) is 92.9 Å². The van der Waals surface area contributed by atoms with Crippen molar-refractivity contribution >= 4 is 32.4 Å². The van der Waals surface area contributed by atoms with E-state index in [2.05, 4.69) is 65.8 Å². The molecule has 0 fully saturated rings. The Morgan fingerprint density at radius 1 is 0.767 bits per heavy atom. The van der Waals surface area contributed by atoms with E-state index in [1.807, 2.05) is 26.8 Å². The van der Waals surface area contributed by atoms with E-state index in [0.29, 0.717) is 11.8 Å². The van der Waals surface area contributed by atoms with Gasteiger partial charge >= 0.3 is 26.8 Å². The molecular weight excluding hydrogens is 459 g/mol. The summed E-state index contributed by atoms with van der Waals surface area (Å²) in [5.41, 5.74) is 6.00. The number of halogens is 2. The van der Waals surface area contributed by atoms with Crippen molar-refractivity contribution in [3.63, 3.8) is 0 Å². The maximum atomic E-state index is 3.45. The third-order valence-electron chi connectivity index (χ3n) is 4.84. The van der Waals surface area contributed by atoms with Crippen LogP contribution in [0.4, 0.5) is 0 Å². The van der Waals surface area contributed by atoms with E-state index in [0.717, 1.165) is 12.8 Å². The molecule has 0 aromatic rings. The Bertz CT molecular complexity index is 471. The van der Waals surface area contributed by atoms with E-state index in [9.17, 15) is 0 Å². The molecule has 0 unspecified atom stereocenters. The summed E-state index contributed by atoms with van der Waals surface area (Å²) in [6, 6.07) is 0. The molecule has 30 heavy (non-hydrogen) atoms. The van der Waals surface area contributed by atoms with Gasteiger partial charge in [0.15, 0.2) is 0 Å². The summed E-state index contributed by atoms with van der Waals surface area (Å²) in [5.74, 6) is 1.41. The molecule has 0 heterocycles. The van der Waals surface area contributed by atoms with Gasteiger partial charge in [-0.3, -0.25) is 12.2 Å². The van der Waals surface area contributed by atoms with Gasteiger partial charge in [-0.25, -0.2) is 23.3 Å². The second kappa shape index (κ2) is 25.7. The Kier molecular flexibility index (Phi) is 35.0. The van der Waals surface area contributed by atoms with E-state index in [-0.39, 0.29) is 39.7 Å². The number of hydrogen-bond acceptors (Lipinski definition) is 0. The maximum absolute atomic E-state index is 3.45. The van der Waals surface area contributed by atoms with Crippen LogP contribution in [-0.2, 0) is 19.2 Å². The topological polar surface area (TPSA) is 0 Å². The fourth-order valence-electron chi connectivity index (χ4n) is 2.88. The van der Waals surface area contributed by atoms with Gasteiger partial charge in [-0.05, 0) is 11.8 Å². The van der Waals surface area contributed by atoms with Crippen molar-refractivity contribution in [2.24, 2.45) is 11.8 Å². The molecule has 0 atom stereocenters. The first-order valence-corrected chi connectivity index (χ1v) is 14.5. The van der Waals surface area contributed by atoms with Crippen LogP contribution in [0.2, 0.25) is 0 Å². The van der Waals surface area contributed by atoms with Gasteiger partial charge < -0.3 is 14.9 Å². The predicted octanol–water partition coefficient (Wildman–Crippen LogP) is 8.61. The normalized spacial score (nSPS) is 13.4. The van der Waals surface area contributed by atoms with Crippen molar-refractivity contribution in [1.29, 1.82) is 0 Å². The third kappa shape index (κ3) is 18.1. The summed E-state index contributed by atoms with van der Waals surface area (Å²) in [4.78, 5) is 0. The first-order chi connectivity index (χ1) is 12.5. The molecule has 4 heteroatoms. The molecule has 2 aliphatic carbocycles. The fourth-order valence-corrected chi connectivity index (χ4v) is 2.88. The molecule has 2 aliphatic rings. The minimum atomic E-state index is 0. The van der Waals surface area contributed by atoms with Crippen LogP contribution >= 0.6 is 24.8 Å². The minimum absolute atomic E-state index is 0. The van der Waals surface area contributed by atoms with Gasteiger partial charge in [-0.15, -0.1) is 37.7 Å². The zero-order valence-corrected chi connectivity index (χ0v) is 25.6. The summed E-state index contributed by atoms with van der Waals surface area (Å²) in [5, 5.41) is 0. The van der Waals surface area contributed by atoms with Gasteiger partial charge in [0.25, 0.3) is 0 Å². The standard InChI is InChI=1S/2C12H19.2CH3.2ClH.H2Si.Ti/c2*1-4-5-6-11-7-8-12(9-11)10(2)3;;;;;;/h2*9-10H,4-6,8H2,1-3H3;2*1H3;2*1H;1H2;/q4*-1;;;;. The van der Waals surface area contributed by atoms with Crippen LogP contribution in [0.3, 0.4) is 0 Å². The number of unbranched alkanes of at least 4 members (excludes halogenated alkanes) is 2. The molecule has 0 amide bonds. The van der Waals surface area contributed by atoms with Crippen molar-refractivity contribution in [1.82, 2.24) is 0 Å². The summed E-state index contributed by atoms with van der Waals surface area (Å²) in [6.45, 7) is 13.5. The molecule has 0 N–H and O–H groups in total. The van der Waals surface area contributed by atoms with Crippen molar-refractivity contribution in [3.05, 3.63) is 61.4 Å². The molecule has 0 aliphatic heterocycles. The molecule has 0 aromatic heterocycles. The van der Waals surface area contributed by atoms with Gasteiger partial charge in [0.1, 0.15) is 0 Å². The Morgan fingerprint density at radius 3 is 1.27 bits per heavy atom. The fraction of sp³-hybridized carbons (Fsp3) is 0.615. The zero-order valence-electron chi connectivity index (χ0n) is 21.0. The second-order valence-electron chi connectivity index (χ2n) is 7.71. The Morgan fingerprint density at radius 2 is 1.07 bits per heavy atom. The number of hydrogen-bond donors (Lipinski definition) is 0. The molecule has 0 spiro atoms. The predicted molar refractivity (Wildman–Crippen MR) is 144 cm³/mol. The van der Waals surface area contributed by atoms with Crippen molar-refractivity contribution in [3.8, 4) is 0 Å². The molecule has 0 aromatic carbocycles. The molecule has 0 bridgehead atoms. The monoisotopic (exact) mass is 506 g/mol. The van der Waals surface area contributed by atoms with Gasteiger partial charge in [-0.2, -0.15) is 11.1 Å². The van der Waals surface area contributed by atoms with E-state index < -0.39 is 0 Å². The van der Waals surface area contributed by atoms with E-state index in [1.54, 1.807) is 11.1 Å². The first-order valence-electron chi connectivity index (χ1n) is 10.4. The van der Waals surface area contributed by atoms with Crippen molar-refractivity contribution in [2.75, 3.05) is 0 Å². The van der Waals surface area contributed by atoms with Crippen LogP contribution in [-0.4, -0.2) is 7.63 Å². The van der Waals surface area contributed by atoms with E-state index >= 15 is 0 Å². The molecule has 178 valence electrons. The molecule has 0 saturated heterocycles. The third-order valence-corrected chi connectivity index (χ3v) is 4.84. The van der Waals surface area contributed by atoms with E-state index in [4.69, 9.17) is 0 Å². The van der Waals surface area contributed by atoms with Crippen LogP contribution in [0, 0.1) is 38.8 Å². The Hall–Kier alpha value is 0.471. The summed E-state index contributed by atoms with van der Waals surface area (Å²) in [7, 11) is 1.86.